The van der Waals surface area contributed by atoms with Crippen LogP contribution in [0.1, 0.15) is 5.56 Å². The number of hydrogen-bond acceptors (Lipinski definition) is 2. The lowest BCUT2D eigenvalue weighted by molar-refractivity contribution is -0.131. The van der Waals surface area contributed by atoms with E-state index in [9.17, 15) is 4.79 Å². The van der Waals surface area contributed by atoms with Gasteiger partial charge in [0.15, 0.2) is 0 Å². The highest BCUT2D eigenvalue weighted by atomic mass is 35.5. The van der Waals surface area contributed by atoms with Gasteiger partial charge in [0.05, 0.1) is 10.7 Å². The Bertz CT molecular complexity index is 638. The van der Waals surface area contributed by atoms with Gasteiger partial charge in [-0.3, -0.25) is 0 Å². The Morgan fingerprint density at radius 1 is 1.20 bits per heavy atom. The molecule has 0 heterocycles. The number of para-hydroxylation sites is 1. The van der Waals surface area contributed by atoms with Gasteiger partial charge in [-0.15, -0.1) is 0 Å². The maximum atomic E-state index is 10.5. The average molecular weight is 288 g/mol. The Labute approximate surface area is 122 Å². The minimum Gasteiger partial charge on any atom is -0.478 e. The summed E-state index contributed by atoms with van der Waals surface area (Å²) in [5.74, 6) is -0.980. The van der Waals surface area contributed by atoms with Crippen molar-refractivity contribution in [2.75, 3.05) is 11.9 Å². The number of carboxylic acid groups (broad SMARTS) is 1. The van der Waals surface area contributed by atoms with Gasteiger partial charge in [-0.25, -0.2) is 4.79 Å². The number of aliphatic carboxylic acids is 1. The van der Waals surface area contributed by atoms with Gasteiger partial charge in [-0.2, -0.15) is 0 Å². The van der Waals surface area contributed by atoms with E-state index in [0.29, 0.717) is 5.02 Å². The van der Waals surface area contributed by atoms with Crippen LogP contribution in [0.25, 0.3) is 6.08 Å². The fourth-order valence-corrected chi connectivity index (χ4v) is 2.17. The fourth-order valence-electron chi connectivity index (χ4n) is 1.86. The third-order valence-corrected chi connectivity index (χ3v) is 3.20. The highest BCUT2D eigenvalue weighted by molar-refractivity contribution is 6.33. The van der Waals surface area contributed by atoms with Crippen molar-refractivity contribution in [1.82, 2.24) is 0 Å². The first kappa shape index (κ1) is 14.2. The van der Waals surface area contributed by atoms with Crippen molar-refractivity contribution >= 4 is 35.0 Å². The van der Waals surface area contributed by atoms with Gasteiger partial charge in [0.25, 0.3) is 0 Å². The first-order valence-corrected chi connectivity index (χ1v) is 6.45. The molecule has 0 radical (unpaired) electrons. The van der Waals surface area contributed by atoms with Crippen molar-refractivity contribution in [3.8, 4) is 0 Å². The van der Waals surface area contributed by atoms with Crippen molar-refractivity contribution in [2.24, 2.45) is 0 Å². The molecule has 2 aromatic carbocycles. The predicted octanol–water partition coefficient (Wildman–Crippen LogP) is 4.21. The van der Waals surface area contributed by atoms with Gasteiger partial charge in [0.2, 0.25) is 0 Å². The van der Waals surface area contributed by atoms with Crippen LogP contribution < -0.4 is 4.90 Å². The Balaban J connectivity index is 2.28. The molecule has 0 saturated heterocycles. The van der Waals surface area contributed by atoms with Crippen molar-refractivity contribution in [3.05, 3.63) is 65.2 Å². The van der Waals surface area contributed by atoms with E-state index in [1.165, 1.54) is 6.08 Å². The van der Waals surface area contributed by atoms with E-state index in [0.717, 1.165) is 23.0 Å². The summed E-state index contributed by atoms with van der Waals surface area (Å²) in [6.45, 7) is 0. The molecule has 0 spiro atoms. The van der Waals surface area contributed by atoms with Crippen LogP contribution >= 0.6 is 11.6 Å². The standard InChI is InChI=1S/C16H14ClNO2/c1-18(13-5-3-2-4-6-13)15-9-7-12(11-14(15)17)8-10-16(19)20/h2-11H,1H3,(H,19,20)/b10-8+. The van der Waals surface area contributed by atoms with Gasteiger partial charge in [0.1, 0.15) is 0 Å². The second-order valence-corrected chi connectivity index (χ2v) is 4.68. The lowest BCUT2D eigenvalue weighted by Crippen LogP contribution is -2.09. The molecule has 2 aromatic rings. The van der Waals surface area contributed by atoms with E-state index in [-0.39, 0.29) is 0 Å². The summed E-state index contributed by atoms with van der Waals surface area (Å²) >= 11 is 6.27. The lowest BCUT2D eigenvalue weighted by Gasteiger charge is -2.21. The minimum absolute atomic E-state index is 0.573. The summed E-state index contributed by atoms with van der Waals surface area (Å²) in [6, 6.07) is 15.3. The summed E-state index contributed by atoms with van der Waals surface area (Å²) < 4.78 is 0. The second-order valence-electron chi connectivity index (χ2n) is 4.28. The first-order valence-electron chi connectivity index (χ1n) is 6.07. The van der Waals surface area contributed by atoms with Crippen molar-refractivity contribution in [3.63, 3.8) is 0 Å². The molecule has 3 nitrogen and oxygen atoms in total. The van der Waals surface area contributed by atoms with Gasteiger partial charge < -0.3 is 10.0 Å². The molecule has 4 heteroatoms. The summed E-state index contributed by atoms with van der Waals surface area (Å²) in [7, 11) is 1.93. The minimum atomic E-state index is -0.980. The van der Waals surface area contributed by atoms with Crippen molar-refractivity contribution in [1.29, 1.82) is 0 Å². The van der Waals surface area contributed by atoms with Crippen LogP contribution in [0.2, 0.25) is 5.02 Å². The Morgan fingerprint density at radius 2 is 1.90 bits per heavy atom. The van der Waals surface area contributed by atoms with Gasteiger partial charge in [0, 0.05) is 18.8 Å². The molecule has 0 atom stereocenters. The molecular formula is C16H14ClNO2. The van der Waals surface area contributed by atoms with Gasteiger partial charge >= 0.3 is 5.97 Å². The van der Waals surface area contributed by atoms with E-state index in [4.69, 9.17) is 16.7 Å². The Kier molecular flexibility index (Phi) is 4.43. The normalized spacial score (nSPS) is 10.7. The molecule has 0 aliphatic heterocycles. The van der Waals surface area contributed by atoms with Crippen LogP contribution in [-0.4, -0.2) is 18.1 Å². The summed E-state index contributed by atoms with van der Waals surface area (Å²) in [4.78, 5) is 12.5. The van der Waals surface area contributed by atoms with Gasteiger partial charge in [-0.1, -0.05) is 35.9 Å². The van der Waals surface area contributed by atoms with E-state index >= 15 is 0 Å². The number of hydrogen-bond donors (Lipinski definition) is 1. The lowest BCUT2D eigenvalue weighted by atomic mass is 10.1. The van der Waals surface area contributed by atoms with Crippen molar-refractivity contribution in [2.45, 2.75) is 0 Å². The van der Waals surface area contributed by atoms with Crippen LogP contribution in [0, 0.1) is 0 Å². The monoisotopic (exact) mass is 287 g/mol. The van der Waals surface area contributed by atoms with Crippen LogP contribution in [-0.2, 0) is 4.79 Å². The van der Waals surface area contributed by atoms with E-state index in [1.807, 2.05) is 54.4 Å². The fraction of sp³-hybridized carbons (Fsp3) is 0.0625. The Hall–Kier alpha value is -2.26. The van der Waals surface area contributed by atoms with Crippen LogP contribution in [0.5, 0.6) is 0 Å². The molecule has 1 N–H and O–H groups in total. The largest absolute Gasteiger partial charge is 0.478 e. The van der Waals surface area contributed by atoms with Crippen molar-refractivity contribution < 1.29 is 9.90 Å². The first-order chi connectivity index (χ1) is 9.58. The molecule has 0 amide bonds. The van der Waals surface area contributed by atoms with Gasteiger partial charge in [-0.05, 0) is 35.9 Å². The third-order valence-electron chi connectivity index (χ3n) is 2.89. The maximum Gasteiger partial charge on any atom is 0.328 e. The SMILES string of the molecule is CN(c1ccccc1)c1ccc(/C=C/C(=O)O)cc1Cl. The number of carboxylic acids is 1. The molecule has 0 unspecified atom stereocenters. The van der Waals surface area contributed by atoms with E-state index in [1.54, 1.807) is 6.07 Å². The topological polar surface area (TPSA) is 40.5 Å². The second kappa shape index (κ2) is 6.26. The number of halogens is 1. The molecule has 0 fully saturated rings. The van der Waals surface area contributed by atoms with E-state index in [2.05, 4.69) is 0 Å². The maximum absolute atomic E-state index is 10.5. The quantitative estimate of drug-likeness (QED) is 0.857. The molecule has 0 bridgehead atoms. The van der Waals surface area contributed by atoms with Crippen LogP contribution in [0.3, 0.4) is 0 Å². The number of benzene rings is 2. The Morgan fingerprint density at radius 3 is 2.50 bits per heavy atom. The molecule has 2 rings (SSSR count). The number of nitrogens with zero attached hydrogens (tertiary/aromatic N) is 1. The molecule has 0 aliphatic carbocycles. The summed E-state index contributed by atoms with van der Waals surface area (Å²) in [5.41, 5.74) is 2.65. The molecule has 102 valence electrons. The molecular weight excluding hydrogens is 274 g/mol. The average Bonchev–Trinajstić information content (AvgIpc) is 2.45. The highest BCUT2D eigenvalue weighted by Gasteiger charge is 2.08. The predicted molar refractivity (Wildman–Crippen MR) is 82.6 cm³/mol. The zero-order valence-corrected chi connectivity index (χ0v) is 11.7. The molecule has 0 aromatic heterocycles. The molecule has 0 saturated carbocycles. The van der Waals surface area contributed by atoms with Crippen LogP contribution in [0.4, 0.5) is 11.4 Å². The molecule has 20 heavy (non-hydrogen) atoms. The zero-order valence-electron chi connectivity index (χ0n) is 11.0. The molecule has 0 aliphatic rings. The third kappa shape index (κ3) is 3.39. The van der Waals surface area contributed by atoms with Crippen LogP contribution in [0.15, 0.2) is 54.6 Å². The number of anilines is 2. The highest BCUT2D eigenvalue weighted by Crippen LogP contribution is 2.31. The summed E-state index contributed by atoms with van der Waals surface area (Å²) in [6.07, 6.45) is 2.60. The zero-order chi connectivity index (χ0) is 14.5. The number of carbonyl (C=O) groups is 1. The smallest absolute Gasteiger partial charge is 0.328 e. The van der Waals surface area contributed by atoms with E-state index < -0.39 is 5.97 Å². The number of rotatable bonds is 4. The summed E-state index contributed by atoms with van der Waals surface area (Å²) in [5, 5.41) is 9.18.